The van der Waals surface area contributed by atoms with Gasteiger partial charge in [-0.05, 0) is 36.4 Å². The molecule has 1 fully saturated rings. The molecule has 0 spiro atoms. The van der Waals surface area contributed by atoms with Crippen LogP contribution < -0.4 is 9.62 Å². The zero-order chi connectivity index (χ0) is 23.5. The van der Waals surface area contributed by atoms with Crippen LogP contribution >= 0.6 is 0 Å². The second-order valence-corrected chi connectivity index (χ2v) is 8.91. The third-order valence-electron chi connectivity index (χ3n) is 5.00. The van der Waals surface area contributed by atoms with Crippen molar-refractivity contribution in [2.45, 2.75) is 17.5 Å². The first kappa shape index (κ1) is 23.9. The molecule has 2 aromatic rings. The van der Waals surface area contributed by atoms with Crippen molar-refractivity contribution in [3.05, 3.63) is 59.7 Å². The Hall–Kier alpha value is -2.73. The number of carbonyl (C=O) groups is 1. The SMILES string of the molecule is O=C(CCNS(=O)(=O)c1ccc(F)c(F)c1)N1CCN(c2cccc(C(F)(F)F)c2)CC1. The molecule has 1 amide bonds. The first-order chi connectivity index (χ1) is 15.0. The lowest BCUT2D eigenvalue weighted by molar-refractivity contribution is -0.137. The van der Waals surface area contributed by atoms with Crippen LogP contribution in [0.2, 0.25) is 0 Å². The van der Waals surface area contributed by atoms with Gasteiger partial charge in [-0.3, -0.25) is 4.79 Å². The number of hydrogen-bond acceptors (Lipinski definition) is 4. The van der Waals surface area contributed by atoms with E-state index in [1.54, 1.807) is 11.0 Å². The number of hydrogen-bond donors (Lipinski definition) is 1. The van der Waals surface area contributed by atoms with Crippen molar-refractivity contribution in [1.29, 1.82) is 0 Å². The first-order valence-electron chi connectivity index (χ1n) is 9.62. The predicted molar refractivity (Wildman–Crippen MR) is 106 cm³/mol. The predicted octanol–water partition coefficient (Wildman–Crippen LogP) is 3.00. The summed E-state index contributed by atoms with van der Waals surface area (Å²) in [6, 6.07) is 7.10. The molecule has 0 aromatic heterocycles. The van der Waals surface area contributed by atoms with Crippen molar-refractivity contribution >= 4 is 21.6 Å². The quantitative estimate of drug-likeness (QED) is 0.650. The molecule has 32 heavy (non-hydrogen) atoms. The van der Waals surface area contributed by atoms with E-state index in [-0.39, 0.29) is 32.0 Å². The second kappa shape index (κ2) is 9.41. The van der Waals surface area contributed by atoms with Gasteiger partial charge in [0.1, 0.15) is 0 Å². The number of benzene rings is 2. The van der Waals surface area contributed by atoms with E-state index in [4.69, 9.17) is 0 Å². The van der Waals surface area contributed by atoms with Crippen LogP contribution in [0.5, 0.6) is 0 Å². The van der Waals surface area contributed by atoms with Gasteiger partial charge in [0.2, 0.25) is 15.9 Å². The molecule has 1 aliphatic rings. The highest BCUT2D eigenvalue weighted by Crippen LogP contribution is 2.31. The molecular weight excluding hydrogens is 457 g/mol. The van der Waals surface area contributed by atoms with Crippen molar-refractivity contribution in [2.24, 2.45) is 0 Å². The van der Waals surface area contributed by atoms with Gasteiger partial charge in [0, 0.05) is 44.8 Å². The lowest BCUT2D eigenvalue weighted by atomic mass is 10.1. The van der Waals surface area contributed by atoms with E-state index >= 15 is 0 Å². The number of rotatable bonds is 6. The van der Waals surface area contributed by atoms with Crippen LogP contribution in [-0.4, -0.2) is 51.9 Å². The maximum Gasteiger partial charge on any atom is 0.416 e. The fraction of sp³-hybridized carbons (Fsp3) is 0.350. The van der Waals surface area contributed by atoms with Crippen LogP contribution in [0.25, 0.3) is 0 Å². The number of sulfonamides is 1. The van der Waals surface area contributed by atoms with E-state index in [1.807, 2.05) is 0 Å². The molecule has 0 saturated carbocycles. The summed E-state index contributed by atoms with van der Waals surface area (Å²) in [6.45, 7) is 0.950. The number of halogens is 5. The normalized spacial score (nSPS) is 15.2. The Morgan fingerprint density at radius 2 is 1.66 bits per heavy atom. The fourth-order valence-electron chi connectivity index (χ4n) is 3.27. The first-order valence-corrected chi connectivity index (χ1v) is 11.1. The Bertz CT molecular complexity index is 1080. The summed E-state index contributed by atoms with van der Waals surface area (Å²) < 4.78 is 91.3. The van der Waals surface area contributed by atoms with E-state index in [2.05, 4.69) is 4.72 Å². The van der Waals surface area contributed by atoms with Gasteiger partial charge < -0.3 is 9.80 Å². The third-order valence-corrected chi connectivity index (χ3v) is 6.46. The van der Waals surface area contributed by atoms with Gasteiger partial charge >= 0.3 is 6.18 Å². The topological polar surface area (TPSA) is 69.7 Å². The van der Waals surface area contributed by atoms with E-state index in [9.17, 15) is 35.2 Å². The number of amides is 1. The minimum absolute atomic E-state index is 0.160. The van der Waals surface area contributed by atoms with E-state index in [0.717, 1.165) is 18.2 Å². The number of piperazine rings is 1. The van der Waals surface area contributed by atoms with Gasteiger partial charge in [0.25, 0.3) is 0 Å². The second-order valence-electron chi connectivity index (χ2n) is 7.14. The van der Waals surface area contributed by atoms with E-state index < -0.39 is 38.3 Å². The van der Waals surface area contributed by atoms with Crippen LogP contribution in [0.1, 0.15) is 12.0 Å². The minimum atomic E-state index is -4.44. The van der Waals surface area contributed by atoms with Crippen molar-refractivity contribution in [3.63, 3.8) is 0 Å². The molecule has 1 aliphatic heterocycles. The van der Waals surface area contributed by atoms with Crippen molar-refractivity contribution < 1.29 is 35.2 Å². The molecule has 3 rings (SSSR count). The van der Waals surface area contributed by atoms with Crippen LogP contribution in [0, 0.1) is 11.6 Å². The maximum atomic E-state index is 13.2. The van der Waals surface area contributed by atoms with Crippen LogP contribution in [0.3, 0.4) is 0 Å². The zero-order valence-corrected chi connectivity index (χ0v) is 17.5. The zero-order valence-electron chi connectivity index (χ0n) is 16.7. The smallest absolute Gasteiger partial charge is 0.368 e. The van der Waals surface area contributed by atoms with Crippen molar-refractivity contribution in [2.75, 3.05) is 37.6 Å². The summed E-state index contributed by atoms with van der Waals surface area (Å²) >= 11 is 0. The molecular formula is C20H20F5N3O3S. The lowest BCUT2D eigenvalue weighted by Gasteiger charge is -2.36. The number of alkyl halides is 3. The van der Waals surface area contributed by atoms with Gasteiger partial charge in [-0.25, -0.2) is 21.9 Å². The summed E-state index contributed by atoms with van der Waals surface area (Å²) in [5.41, 5.74) is -0.340. The van der Waals surface area contributed by atoms with Crippen LogP contribution in [0.15, 0.2) is 47.4 Å². The molecule has 0 aliphatic carbocycles. The van der Waals surface area contributed by atoms with E-state index in [0.29, 0.717) is 30.9 Å². The summed E-state index contributed by atoms with van der Waals surface area (Å²) in [5, 5.41) is 0. The Morgan fingerprint density at radius 1 is 0.969 bits per heavy atom. The fourth-order valence-corrected chi connectivity index (χ4v) is 4.31. The van der Waals surface area contributed by atoms with Crippen molar-refractivity contribution in [1.82, 2.24) is 9.62 Å². The molecule has 1 N–H and O–H groups in total. The molecule has 1 saturated heterocycles. The van der Waals surface area contributed by atoms with Gasteiger partial charge in [-0.2, -0.15) is 13.2 Å². The molecule has 0 bridgehead atoms. The highest BCUT2D eigenvalue weighted by Gasteiger charge is 2.31. The Morgan fingerprint density at radius 3 is 2.28 bits per heavy atom. The average Bonchev–Trinajstić information content (AvgIpc) is 2.75. The summed E-state index contributed by atoms with van der Waals surface area (Å²) in [6.07, 6.45) is -4.60. The summed E-state index contributed by atoms with van der Waals surface area (Å²) in [7, 11) is -4.11. The monoisotopic (exact) mass is 477 g/mol. The number of carbonyl (C=O) groups excluding carboxylic acids is 1. The molecule has 6 nitrogen and oxygen atoms in total. The van der Waals surface area contributed by atoms with Gasteiger partial charge in [0.15, 0.2) is 11.6 Å². The standard InChI is InChI=1S/C20H20F5N3O3S/c21-17-5-4-16(13-18(17)22)32(30,31)26-7-6-19(29)28-10-8-27(9-11-28)15-3-1-2-14(12-15)20(23,24)25/h1-5,12-13,26H,6-11H2. The summed E-state index contributed by atoms with van der Waals surface area (Å²) in [4.78, 5) is 15.1. The Balaban J connectivity index is 1.50. The van der Waals surface area contributed by atoms with Gasteiger partial charge in [-0.1, -0.05) is 6.07 Å². The average molecular weight is 477 g/mol. The molecule has 0 atom stereocenters. The largest absolute Gasteiger partial charge is 0.416 e. The lowest BCUT2D eigenvalue weighted by Crippen LogP contribution is -2.49. The minimum Gasteiger partial charge on any atom is -0.368 e. The molecule has 12 heteroatoms. The van der Waals surface area contributed by atoms with Crippen LogP contribution in [0.4, 0.5) is 27.6 Å². The van der Waals surface area contributed by atoms with Crippen LogP contribution in [-0.2, 0) is 21.0 Å². The molecule has 2 aromatic carbocycles. The van der Waals surface area contributed by atoms with Gasteiger partial charge in [-0.15, -0.1) is 0 Å². The molecule has 0 unspecified atom stereocenters. The molecule has 0 radical (unpaired) electrons. The summed E-state index contributed by atoms with van der Waals surface area (Å²) in [5.74, 6) is -2.81. The van der Waals surface area contributed by atoms with Gasteiger partial charge in [0.05, 0.1) is 10.5 Å². The number of nitrogens with zero attached hydrogens (tertiary/aromatic N) is 2. The van der Waals surface area contributed by atoms with E-state index in [1.165, 1.54) is 11.0 Å². The number of anilines is 1. The highest BCUT2D eigenvalue weighted by atomic mass is 32.2. The molecule has 174 valence electrons. The molecule has 1 heterocycles. The van der Waals surface area contributed by atoms with Crippen molar-refractivity contribution in [3.8, 4) is 0 Å². The number of nitrogens with one attached hydrogen (secondary N) is 1. The highest BCUT2D eigenvalue weighted by molar-refractivity contribution is 7.89. The Labute approximate surface area is 181 Å². The third kappa shape index (κ3) is 5.74. The maximum absolute atomic E-state index is 13.2. The Kier molecular flexibility index (Phi) is 7.03.